The van der Waals surface area contributed by atoms with Crippen LogP contribution in [0.3, 0.4) is 0 Å². The molecule has 0 amide bonds. The second kappa shape index (κ2) is 11.3. The van der Waals surface area contributed by atoms with Crippen molar-refractivity contribution in [3.05, 3.63) is 35.9 Å². The van der Waals surface area contributed by atoms with E-state index in [-0.39, 0.29) is 5.54 Å². The second-order valence-corrected chi connectivity index (χ2v) is 9.49. The standard InChI is InChI=1S/C25H41N5O/c1-26-24(27-21-25(12-6-3-7-13-25)30-16-18-31-19-17-30)28-23-10-14-29(15-11-23)20-22-8-4-2-5-9-22/h2,4-5,8-9,23H,3,6-7,10-21H2,1H3,(H2,26,27,28). The number of ether oxygens (including phenoxy) is 1. The monoisotopic (exact) mass is 427 g/mol. The van der Waals surface area contributed by atoms with E-state index in [9.17, 15) is 0 Å². The summed E-state index contributed by atoms with van der Waals surface area (Å²) < 4.78 is 5.63. The number of nitrogens with zero attached hydrogens (tertiary/aromatic N) is 3. The third-order valence-corrected chi connectivity index (χ3v) is 7.45. The van der Waals surface area contributed by atoms with Crippen molar-refractivity contribution in [3.8, 4) is 0 Å². The maximum Gasteiger partial charge on any atom is 0.191 e. The van der Waals surface area contributed by atoms with Crippen molar-refractivity contribution < 1.29 is 4.74 Å². The lowest BCUT2D eigenvalue weighted by Crippen LogP contribution is -2.61. The molecule has 0 bridgehead atoms. The number of aliphatic imine (C=N–C) groups is 1. The van der Waals surface area contributed by atoms with Crippen LogP contribution in [-0.4, -0.2) is 80.3 Å². The van der Waals surface area contributed by atoms with Crippen LogP contribution < -0.4 is 10.6 Å². The Labute approximate surface area is 188 Å². The summed E-state index contributed by atoms with van der Waals surface area (Å²) >= 11 is 0. The minimum atomic E-state index is 0.263. The fourth-order valence-corrected chi connectivity index (χ4v) is 5.57. The van der Waals surface area contributed by atoms with Crippen molar-refractivity contribution in [2.75, 3.05) is 53.0 Å². The zero-order chi connectivity index (χ0) is 21.4. The van der Waals surface area contributed by atoms with E-state index >= 15 is 0 Å². The Hall–Kier alpha value is -1.63. The Morgan fingerprint density at radius 1 is 1.03 bits per heavy atom. The van der Waals surface area contributed by atoms with Crippen molar-refractivity contribution in [2.24, 2.45) is 4.99 Å². The van der Waals surface area contributed by atoms with Gasteiger partial charge < -0.3 is 15.4 Å². The summed E-state index contributed by atoms with van der Waals surface area (Å²) in [6.07, 6.45) is 8.96. The van der Waals surface area contributed by atoms with E-state index in [1.807, 2.05) is 7.05 Å². The number of guanidine groups is 1. The molecule has 1 saturated carbocycles. The van der Waals surface area contributed by atoms with Gasteiger partial charge in [0.25, 0.3) is 0 Å². The van der Waals surface area contributed by atoms with Gasteiger partial charge >= 0.3 is 0 Å². The van der Waals surface area contributed by atoms with Crippen LogP contribution in [0.5, 0.6) is 0 Å². The number of hydrogen-bond acceptors (Lipinski definition) is 4. The van der Waals surface area contributed by atoms with Gasteiger partial charge in [-0.3, -0.25) is 14.8 Å². The Morgan fingerprint density at radius 3 is 2.42 bits per heavy atom. The van der Waals surface area contributed by atoms with E-state index < -0.39 is 0 Å². The zero-order valence-corrected chi connectivity index (χ0v) is 19.3. The number of morpholine rings is 1. The molecule has 3 aliphatic rings. The first-order valence-electron chi connectivity index (χ1n) is 12.3. The molecule has 2 N–H and O–H groups in total. The Bertz CT molecular complexity index is 674. The van der Waals surface area contributed by atoms with Gasteiger partial charge in [0.2, 0.25) is 0 Å². The number of benzene rings is 1. The van der Waals surface area contributed by atoms with Crippen LogP contribution >= 0.6 is 0 Å². The van der Waals surface area contributed by atoms with Crippen LogP contribution in [-0.2, 0) is 11.3 Å². The first kappa shape index (κ1) is 22.6. The van der Waals surface area contributed by atoms with Gasteiger partial charge in [-0.1, -0.05) is 49.6 Å². The van der Waals surface area contributed by atoms with Crippen molar-refractivity contribution in [1.29, 1.82) is 0 Å². The minimum Gasteiger partial charge on any atom is -0.379 e. The summed E-state index contributed by atoms with van der Waals surface area (Å²) in [5.41, 5.74) is 1.67. The van der Waals surface area contributed by atoms with Gasteiger partial charge in [-0.25, -0.2) is 0 Å². The molecule has 0 unspecified atom stereocenters. The maximum absolute atomic E-state index is 5.63. The lowest BCUT2D eigenvalue weighted by Gasteiger charge is -2.48. The minimum absolute atomic E-state index is 0.263. The molecule has 0 radical (unpaired) electrons. The van der Waals surface area contributed by atoms with Crippen LogP contribution in [0.1, 0.15) is 50.5 Å². The maximum atomic E-state index is 5.63. The van der Waals surface area contributed by atoms with Gasteiger partial charge in [-0.2, -0.15) is 0 Å². The first-order valence-corrected chi connectivity index (χ1v) is 12.3. The average molecular weight is 428 g/mol. The molecule has 4 rings (SSSR count). The summed E-state index contributed by atoms with van der Waals surface area (Å²) in [6.45, 7) is 8.19. The number of nitrogens with one attached hydrogen (secondary N) is 2. The molecule has 0 aromatic heterocycles. The summed E-state index contributed by atoms with van der Waals surface area (Å²) in [7, 11) is 1.90. The smallest absolute Gasteiger partial charge is 0.191 e. The highest BCUT2D eigenvalue weighted by atomic mass is 16.5. The molecule has 0 spiro atoms. The zero-order valence-electron chi connectivity index (χ0n) is 19.3. The molecule has 1 aromatic carbocycles. The summed E-state index contributed by atoms with van der Waals surface area (Å²) in [6, 6.07) is 11.3. The molecule has 1 aliphatic carbocycles. The van der Waals surface area contributed by atoms with Crippen molar-refractivity contribution in [1.82, 2.24) is 20.4 Å². The van der Waals surface area contributed by atoms with Gasteiger partial charge in [0.15, 0.2) is 5.96 Å². The molecule has 3 fully saturated rings. The van der Waals surface area contributed by atoms with Gasteiger partial charge in [0.05, 0.1) is 13.2 Å². The van der Waals surface area contributed by atoms with Crippen LogP contribution in [0.15, 0.2) is 35.3 Å². The normalized spacial score (nSPS) is 24.1. The summed E-state index contributed by atoms with van der Waals surface area (Å²) in [5.74, 6) is 0.972. The van der Waals surface area contributed by atoms with E-state index in [0.717, 1.165) is 58.4 Å². The van der Waals surface area contributed by atoms with E-state index in [4.69, 9.17) is 4.74 Å². The van der Waals surface area contributed by atoms with Crippen molar-refractivity contribution in [2.45, 2.75) is 63.1 Å². The molecule has 6 heteroatoms. The van der Waals surface area contributed by atoms with Gasteiger partial charge in [0.1, 0.15) is 0 Å². The van der Waals surface area contributed by atoms with Gasteiger partial charge in [0, 0.05) is 57.9 Å². The third kappa shape index (κ3) is 6.21. The highest BCUT2D eigenvalue weighted by Gasteiger charge is 2.38. The predicted octanol–water partition coefficient (Wildman–Crippen LogP) is 2.85. The SMILES string of the molecule is CN=C(NCC1(N2CCOCC2)CCCCC1)NC1CCN(Cc2ccccc2)CC1. The van der Waals surface area contributed by atoms with E-state index in [1.54, 1.807) is 0 Å². The number of hydrogen-bond donors (Lipinski definition) is 2. The van der Waals surface area contributed by atoms with Crippen molar-refractivity contribution >= 4 is 5.96 Å². The number of rotatable bonds is 6. The van der Waals surface area contributed by atoms with Gasteiger partial charge in [-0.05, 0) is 31.2 Å². The molecule has 2 saturated heterocycles. The highest BCUT2D eigenvalue weighted by Crippen LogP contribution is 2.33. The van der Waals surface area contributed by atoms with Crippen LogP contribution in [0, 0.1) is 0 Å². The fraction of sp³-hybridized carbons (Fsp3) is 0.720. The highest BCUT2D eigenvalue weighted by molar-refractivity contribution is 5.80. The van der Waals surface area contributed by atoms with E-state index in [0.29, 0.717) is 6.04 Å². The lowest BCUT2D eigenvalue weighted by atomic mass is 9.80. The second-order valence-electron chi connectivity index (χ2n) is 9.49. The topological polar surface area (TPSA) is 52.1 Å². The summed E-state index contributed by atoms with van der Waals surface area (Å²) in [4.78, 5) is 9.83. The van der Waals surface area contributed by atoms with E-state index in [1.165, 1.54) is 50.5 Å². The van der Waals surface area contributed by atoms with E-state index in [2.05, 4.69) is 55.8 Å². The molecule has 172 valence electrons. The molecule has 0 atom stereocenters. The van der Waals surface area contributed by atoms with Crippen LogP contribution in [0.25, 0.3) is 0 Å². The first-order chi connectivity index (χ1) is 15.3. The Morgan fingerprint density at radius 2 is 1.74 bits per heavy atom. The summed E-state index contributed by atoms with van der Waals surface area (Å²) in [5, 5.41) is 7.44. The van der Waals surface area contributed by atoms with Crippen molar-refractivity contribution in [3.63, 3.8) is 0 Å². The molecular weight excluding hydrogens is 386 g/mol. The number of piperidine rings is 1. The quantitative estimate of drug-likeness (QED) is 0.540. The molecule has 1 aromatic rings. The lowest BCUT2D eigenvalue weighted by molar-refractivity contribution is -0.0353. The predicted molar refractivity (Wildman–Crippen MR) is 127 cm³/mol. The third-order valence-electron chi connectivity index (χ3n) is 7.45. The molecule has 2 aliphatic heterocycles. The van der Waals surface area contributed by atoms with Crippen LogP contribution in [0.2, 0.25) is 0 Å². The molecule has 6 nitrogen and oxygen atoms in total. The largest absolute Gasteiger partial charge is 0.379 e. The molecule has 2 heterocycles. The molecule has 31 heavy (non-hydrogen) atoms. The molecular formula is C25H41N5O. The Kier molecular flexibility index (Phi) is 8.22. The Balaban J connectivity index is 1.25. The average Bonchev–Trinajstić information content (AvgIpc) is 2.84. The fourth-order valence-electron chi connectivity index (χ4n) is 5.57. The van der Waals surface area contributed by atoms with Crippen LogP contribution in [0.4, 0.5) is 0 Å². The number of likely N-dealkylation sites (tertiary alicyclic amines) is 1. The van der Waals surface area contributed by atoms with Gasteiger partial charge in [-0.15, -0.1) is 0 Å².